The Labute approximate surface area is 115 Å². The lowest BCUT2D eigenvalue weighted by atomic mass is 10.1. The first-order chi connectivity index (χ1) is 9.52. The molecule has 0 aromatic heterocycles. The van der Waals surface area contributed by atoms with Crippen LogP contribution < -0.4 is 10.1 Å². The van der Waals surface area contributed by atoms with Gasteiger partial charge < -0.3 is 10.1 Å². The molecule has 5 heteroatoms. The fourth-order valence-corrected chi connectivity index (χ4v) is 1.76. The van der Waals surface area contributed by atoms with Gasteiger partial charge in [0.05, 0.1) is 7.11 Å². The fraction of sp³-hybridized carbons (Fsp3) is 0.133. The summed E-state index contributed by atoms with van der Waals surface area (Å²) in [6, 6.07) is 8.17. The van der Waals surface area contributed by atoms with E-state index in [-0.39, 0.29) is 5.56 Å². The summed E-state index contributed by atoms with van der Waals surface area (Å²) in [6.07, 6.45) is 0. The van der Waals surface area contributed by atoms with Gasteiger partial charge in [0.25, 0.3) is 5.91 Å². The van der Waals surface area contributed by atoms with Gasteiger partial charge in [-0.2, -0.15) is 0 Å². The van der Waals surface area contributed by atoms with Crippen LogP contribution in [0, 0.1) is 18.6 Å². The molecule has 0 saturated carbocycles. The molecule has 0 atom stereocenters. The minimum absolute atomic E-state index is 0.259. The highest BCUT2D eigenvalue weighted by molar-refractivity contribution is 6.04. The number of aryl methyl sites for hydroxylation is 1. The number of nitrogens with one attached hydrogen (secondary N) is 1. The van der Waals surface area contributed by atoms with E-state index in [1.807, 2.05) is 6.92 Å². The van der Waals surface area contributed by atoms with Gasteiger partial charge in [-0.05, 0) is 36.8 Å². The Balaban J connectivity index is 2.29. The van der Waals surface area contributed by atoms with Gasteiger partial charge >= 0.3 is 0 Å². The second kappa shape index (κ2) is 5.69. The van der Waals surface area contributed by atoms with Crippen molar-refractivity contribution in [3.8, 4) is 5.75 Å². The first-order valence-corrected chi connectivity index (χ1v) is 5.93. The van der Waals surface area contributed by atoms with Crippen molar-refractivity contribution in [2.24, 2.45) is 0 Å². The zero-order valence-electron chi connectivity index (χ0n) is 11.0. The Bertz CT molecular complexity index is 636. The maximum atomic E-state index is 13.5. The van der Waals surface area contributed by atoms with Gasteiger partial charge in [-0.1, -0.05) is 12.1 Å². The molecule has 0 heterocycles. The standard InChI is InChI=1S/C15H13F2NO2/c1-9-6-7-10(8-13(9)20-2)15(19)18-14-11(16)4-3-5-12(14)17/h3-8H,1-2H3,(H,18,19). The summed E-state index contributed by atoms with van der Waals surface area (Å²) in [5.41, 5.74) is 0.660. The summed E-state index contributed by atoms with van der Waals surface area (Å²) >= 11 is 0. The molecule has 1 amide bonds. The molecule has 0 saturated heterocycles. The SMILES string of the molecule is COc1cc(C(=O)Nc2c(F)cccc2F)ccc1C. The predicted octanol–water partition coefficient (Wildman–Crippen LogP) is 3.53. The lowest BCUT2D eigenvalue weighted by Gasteiger charge is -2.09. The van der Waals surface area contributed by atoms with Crippen molar-refractivity contribution in [2.45, 2.75) is 6.92 Å². The number of methoxy groups -OCH3 is 1. The van der Waals surface area contributed by atoms with Crippen LogP contribution in [0.1, 0.15) is 15.9 Å². The number of anilines is 1. The van der Waals surface area contributed by atoms with Gasteiger partial charge in [0.15, 0.2) is 0 Å². The van der Waals surface area contributed by atoms with Gasteiger partial charge in [-0.25, -0.2) is 8.78 Å². The molecule has 2 aromatic carbocycles. The summed E-state index contributed by atoms with van der Waals surface area (Å²) in [7, 11) is 1.49. The van der Waals surface area contributed by atoms with Crippen LogP contribution in [0.25, 0.3) is 0 Å². The number of ether oxygens (including phenoxy) is 1. The third-order valence-electron chi connectivity index (χ3n) is 2.87. The van der Waals surface area contributed by atoms with E-state index in [1.165, 1.54) is 19.2 Å². The van der Waals surface area contributed by atoms with Crippen LogP contribution in [-0.2, 0) is 0 Å². The highest BCUT2D eigenvalue weighted by Crippen LogP contribution is 2.22. The highest BCUT2D eigenvalue weighted by Gasteiger charge is 2.14. The molecule has 0 radical (unpaired) electrons. The first kappa shape index (κ1) is 14.0. The van der Waals surface area contributed by atoms with Crippen molar-refractivity contribution >= 4 is 11.6 Å². The number of para-hydroxylation sites is 1. The molecule has 2 rings (SSSR count). The molecule has 0 aliphatic carbocycles. The van der Waals surface area contributed by atoms with Crippen LogP contribution in [0.15, 0.2) is 36.4 Å². The van der Waals surface area contributed by atoms with E-state index < -0.39 is 23.2 Å². The molecule has 3 nitrogen and oxygen atoms in total. The number of hydrogen-bond donors (Lipinski definition) is 1. The molecule has 0 aliphatic rings. The molecule has 104 valence electrons. The van der Waals surface area contributed by atoms with Gasteiger partial charge in [-0.15, -0.1) is 0 Å². The van der Waals surface area contributed by atoms with Gasteiger partial charge in [0.1, 0.15) is 23.1 Å². The number of halogens is 2. The third-order valence-corrected chi connectivity index (χ3v) is 2.87. The van der Waals surface area contributed by atoms with Crippen molar-refractivity contribution < 1.29 is 18.3 Å². The number of rotatable bonds is 3. The van der Waals surface area contributed by atoms with E-state index in [9.17, 15) is 13.6 Å². The van der Waals surface area contributed by atoms with E-state index >= 15 is 0 Å². The number of hydrogen-bond acceptors (Lipinski definition) is 2. The zero-order chi connectivity index (χ0) is 14.7. The summed E-state index contributed by atoms with van der Waals surface area (Å²) in [6.45, 7) is 1.83. The molecular formula is C15H13F2NO2. The number of carbonyl (C=O) groups excluding carboxylic acids is 1. The minimum Gasteiger partial charge on any atom is -0.496 e. The van der Waals surface area contributed by atoms with Crippen LogP contribution in [-0.4, -0.2) is 13.0 Å². The van der Waals surface area contributed by atoms with Crippen LogP contribution in [0.4, 0.5) is 14.5 Å². The molecule has 0 unspecified atom stereocenters. The zero-order valence-corrected chi connectivity index (χ0v) is 11.0. The molecule has 20 heavy (non-hydrogen) atoms. The Morgan fingerprint density at radius 3 is 2.40 bits per heavy atom. The molecule has 1 N–H and O–H groups in total. The molecule has 0 bridgehead atoms. The Kier molecular flexibility index (Phi) is 3.98. The minimum atomic E-state index is -0.822. The van der Waals surface area contributed by atoms with Gasteiger partial charge in [-0.3, -0.25) is 4.79 Å². The van der Waals surface area contributed by atoms with Crippen molar-refractivity contribution in [3.63, 3.8) is 0 Å². The summed E-state index contributed by atoms with van der Waals surface area (Å²) in [5.74, 6) is -1.71. The monoisotopic (exact) mass is 277 g/mol. The maximum absolute atomic E-state index is 13.5. The first-order valence-electron chi connectivity index (χ1n) is 5.93. The molecule has 0 fully saturated rings. The predicted molar refractivity (Wildman–Crippen MR) is 72.0 cm³/mol. The summed E-state index contributed by atoms with van der Waals surface area (Å²) in [4.78, 5) is 12.0. The van der Waals surface area contributed by atoms with Crippen LogP contribution >= 0.6 is 0 Å². The summed E-state index contributed by atoms with van der Waals surface area (Å²) < 4.78 is 32.0. The third kappa shape index (κ3) is 2.77. The van der Waals surface area contributed by atoms with Crippen LogP contribution in [0.5, 0.6) is 5.75 Å². The van der Waals surface area contributed by atoms with Crippen molar-refractivity contribution in [1.29, 1.82) is 0 Å². The average Bonchev–Trinajstić information content (AvgIpc) is 2.43. The van der Waals surface area contributed by atoms with Gasteiger partial charge in [0.2, 0.25) is 0 Å². The Morgan fingerprint density at radius 1 is 1.15 bits per heavy atom. The largest absolute Gasteiger partial charge is 0.496 e. The number of benzene rings is 2. The van der Waals surface area contributed by atoms with E-state index in [2.05, 4.69) is 5.32 Å². The van der Waals surface area contributed by atoms with E-state index in [0.717, 1.165) is 17.7 Å². The average molecular weight is 277 g/mol. The quantitative estimate of drug-likeness (QED) is 0.932. The van der Waals surface area contributed by atoms with E-state index in [4.69, 9.17) is 4.74 Å². The number of carbonyl (C=O) groups is 1. The smallest absolute Gasteiger partial charge is 0.255 e. The molecule has 2 aromatic rings. The lowest BCUT2D eigenvalue weighted by molar-refractivity contribution is 0.102. The fourth-order valence-electron chi connectivity index (χ4n) is 1.76. The maximum Gasteiger partial charge on any atom is 0.255 e. The molecular weight excluding hydrogens is 264 g/mol. The second-order valence-electron chi connectivity index (χ2n) is 4.24. The van der Waals surface area contributed by atoms with E-state index in [0.29, 0.717) is 5.75 Å². The molecule has 0 spiro atoms. The highest BCUT2D eigenvalue weighted by atomic mass is 19.1. The summed E-state index contributed by atoms with van der Waals surface area (Å²) in [5, 5.41) is 2.22. The van der Waals surface area contributed by atoms with Crippen molar-refractivity contribution in [3.05, 3.63) is 59.2 Å². The van der Waals surface area contributed by atoms with Gasteiger partial charge in [0, 0.05) is 5.56 Å². The van der Waals surface area contributed by atoms with Crippen LogP contribution in [0.2, 0.25) is 0 Å². The van der Waals surface area contributed by atoms with E-state index in [1.54, 1.807) is 12.1 Å². The normalized spacial score (nSPS) is 10.2. The Hall–Kier alpha value is -2.43. The Morgan fingerprint density at radius 2 is 1.80 bits per heavy atom. The topological polar surface area (TPSA) is 38.3 Å². The van der Waals surface area contributed by atoms with Crippen molar-refractivity contribution in [2.75, 3.05) is 12.4 Å². The van der Waals surface area contributed by atoms with Crippen LogP contribution in [0.3, 0.4) is 0 Å². The molecule has 0 aliphatic heterocycles. The lowest BCUT2D eigenvalue weighted by Crippen LogP contribution is -2.14. The van der Waals surface area contributed by atoms with Crippen molar-refractivity contribution in [1.82, 2.24) is 0 Å². The second-order valence-corrected chi connectivity index (χ2v) is 4.24. The number of amides is 1.